The Bertz CT molecular complexity index is 1460. The van der Waals surface area contributed by atoms with Crippen LogP contribution in [0.5, 0.6) is 11.5 Å². The highest BCUT2D eigenvalue weighted by molar-refractivity contribution is 7.24. The molecule has 12 heteroatoms. The van der Waals surface area contributed by atoms with E-state index in [1.165, 1.54) is 17.4 Å². The predicted molar refractivity (Wildman–Crippen MR) is 145 cm³/mol. The molecule has 204 valence electrons. The molecule has 39 heavy (non-hydrogen) atoms. The molecule has 0 aliphatic rings. The molecule has 1 aromatic heterocycles. The Morgan fingerprint density at radius 3 is 1.87 bits per heavy atom. The second-order valence-corrected chi connectivity index (χ2v) is 8.83. The van der Waals surface area contributed by atoms with Crippen LogP contribution in [0.1, 0.15) is 0 Å². The smallest absolute Gasteiger partial charge is 0.330 e. The minimum Gasteiger partial charge on any atom is -0.480 e. The van der Waals surface area contributed by atoms with Crippen molar-refractivity contribution in [2.24, 2.45) is 0 Å². The molecule has 2 amide bonds. The summed E-state index contributed by atoms with van der Waals surface area (Å²) in [6, 6.07) is 10.2. The van der Waals surface area contributed by atoms with Crippen LogP contribution in [-0.4, -0.2) is 63.3 Å². The molecule has 0 saturated carbocycles. The number of carbonyl (C=O) groups excluding carboxylic acids is 4. The summed E-state index contributed by atoms with van der Waals surface area (Å²) >= 11 is 1.37. The summed E-state index contributed by atoms with van der Waals surface area (Å²) in [6.45, 7) is 5.78. The molecular formula is C27H26N2O9S. The Balaban J connectivity index is 1.73. The molecule has 2 N–H and O–H groups in total. The van der Waals surface area contributed by atoms with Crippen LogP contribution in [-0.2, 0) is 28.7 Å². The SMILES string of the molecule is C=CC(=O)OCCNC(=O)COc1cc2sc3ccccc3c(=O)c2cc1OCC(=O)NCCOC(=O)C=C. The highest BCUT2D eigenvalue weighted by atomic mass is 32.1. The zero-order valence-electron chi connectivity index (χ0n) is 20.9. The maximum atomic E-state index is 13.1. The van der Waals surface area contributed by atoms with Crippen LogP contribution in [0.3, 0.4) is 0 Å². The third-order valence-corrected chi connectivity index (χ3v) is 6.16. The number of hydrogen-bond donors (Lipinski definition) is 2. The Hall–Kier alpha value is -4.71. The molecule has 2 aromatic carbocycles. The van der Waals surface area contributed by atoms with Crippen LogP contribution in [0.4, 0.5) is 0 Å². The molecule has 3 aromatic rings. The lowest BCUT2D eigenvalue weighted by molar-refractivity contribution is -0.138. The second kappa shape index (κ2) is 14.3. The second-order valence-electron chi connectivity index (χ2n) is 7.74. The summed E-state index contributed by atoms with van der Waals surface area (Å²) in [5.41, 5.74) is -0.212. The first kappa shape index (κ1) is 28.9. The van der Waals surface area contributed by atoms with Crippen LogP contribution < -0.4 is 25.5 Å². The summed E-state index contributed by atoms with van der Waals surface area (Å²) < 4.78 is 22.3. The zero-order chi connectivity index (χ0) is 28.2. The number of hydrogen-bond acceptors (Lipinski definition) is 10. The maximum absolute atomic E-state index is 13.1. The minimum absolute atomic E-state index is 0.0378. The van der Waals surface area contributed by atoms with Crippen LogP contribution in [0.25, 0.3) is 20.2 Å². The number of carbonyl (C=O) groups is 4. The van der Waals surface area contributed by atoms with Gasteiger partial charge in [0.05, 0.1) is 13.1 Å². The van der Waals surface area contributed by atoms with Crippen LogP contribution >= 0.6 is 11.3 Å². The van der Waals surface area contributed by atoms with E-state index in [0.29, 0.717) is 15.5 Å². The number of nitrogens with one attached hydrogen (secondary N) is 2. The van der Waals surface area contributed by atoms with Gasteiger partial charge in [-0.2, -0.15) is 0 Å². The maximum Gasteiger partial charge on any atom is 0.330 e. The summed E-state index contributed by atoms with van der Waals surface area (Å²) in [4.78, 5) is 59.7. The Morgan fingerprint density at radius 1 is 0.769 bits per heavy atom. The van der Waals surface area contributed by atoms with Gasteiger partial charge in [0.2, 0.25) is 0 Å². The van der Waals surface area contributed by atoms with Crippen molar-refractivity contribution in [1.29, 1.82) is 0 Å². The van der Waals surface area contributed by atoms with Crippen molar-refractivity contribution in [2.75, 3.05) is 39.5 Å². The van der Waals surface area contributed by atoms with E-state index in [0.717, 1.165) is 16.9 Å². The molecule has 0 aliphatic heterocycles. The van der Waals surface area contributed by atoms with Crippen LogP contribution in [0.2, 0.25) is 0 Å². The molecule has 0 unspecified atom stereocenters. The fourth-order valence-electron chi connectivity index (χ4n) is 3.23. The summed E-state index contributed by atoms with van der Waals surface area (Å²) in [7, 11) is 0. The van der Waals surface area contributed by atoms with Crippen LogP contribution in [0.15, 0.2) is 66.5 Å². The summed E-state index contributed by atoms with van der Waals surface area (Å²) in [5, 5.41) is 5.98. The van der Waals surface area contributed by atoms with Gasteiger partial charge in [-0.3, -0.25) is 14.4 Å². The lowest BCUT2D eigenvalue weighted by Gasteiger charge is -2.14. The molecule has 0 fully saturated rings. The fourth-order valence-corrected chi connectivity index (χ4v) is 4.31. The fraction of sp³-hybridized carbons (Fsp3) is 0.222. The topological polar surface area (TPSA) is 146 Å². The van der Waals surface area contributed by atoms with E-state index < -0.39 is 37.0 Å². The van der Waals surface area contributed by atoms with Gasteiger partial charge >= 0.3 is 11.9 Å². The average molecular weight is 555 g/mol. The molecule has 0 atom stereocenters. The molecule has 1 heterocycles. The van der Waals surface area contributed by atoms with E-state index in [4.69, 9.17) is 18.9 Å². The van der Waals surface area contributed by atoms with E-state index in [1.807, 2.05) is 12.1 Å². The number of ether oxygens (including phenoxy) is 4. The monoisotopic (exact) mass is 554 g/mol. The largest absolute Gasteiger partial charge is 0.480 e. The lowest BCUT2D eigenvalue weighted by atomic mass is 10.1. The third-order valence-electron chi connectivity index (χ3n) is 5.03. The number of rotatable bonds is 14. The zero-order valence-corrected chi connectivity index (χ0v) is 21.7. The van der Waals surface area contributed by atoms with Gasteiger partial charge in [-0.05, 0) is 18.2 Å². The molecule has 0 spiro atoms. The molecule has 0 radical (unpaired) electrons. The van der Waals surface area contributed by atoms with Gasteiger partial charge in [0.15, 0.2) is 30.1 Å². The average Bonchev–Trinajstić information content (AvgIpc) is 2.95. The number of amides is 2. The molecule has 0 bridgehead atoms. The normalized spacial score (nSPS) is 10.4. The first-order chi connectivity index (χ1) is 18.8. The van der Waals surface area contributed by atoms with Crippen molar-refractivity contribution in [3.8, 4) is 11.5 Å². The Kier molecular flexibility index (Phi) is 10.6. The molecule has 0 saturated heterocycles. The van der Waals surface area contributed by atoms with Crippen molar-refractivity contribution in [1.82, 2.24) is 10.6 Å². The summed E-state index contributed by atoms with van der Waals surface area (Å²) in [6.07, 6.45) is 2.03. The van der Waals surface area contributed by atoms with Crippen molar-refractivity contribution in [3.05, 3.63) is 71.9 Å². The highest BCUT2D eigenvalue weighted by Crippen LogP contribution is 2.35. The van der Waals surface area contributed by atoms with E-state index in [1.54, 1.807) is 18.2 Å². The van der Waals surface area contributed by atoms with Gasteiger partial charge in [0.1, 0.15) is 13.2 Å². The van der Waals surface area contributed by atoms with E-state index in [-0.39, 0.29) is 43.2 Å². The predicted octanol–water partition coefficient (Wildman–Crippen LogP) is 1.86. The van der Waals surface area contributed by atoms with E-state index in [2.05, 4.69) is 23.8 Å². The quantitative estimate of drug-likeness (QED) is 0.132. The molecular weight excluding hydrogens is 528 g/mol. The van der Waals surface area contributed by atoms with Crippen molar-refractivity contribution in [2.45, 2.75) is 0 Å². The van der Waals surface area contributed by atoms with Gasteiger partial charge in [-0.25, -0.2) is 9.59 Å². The Morgan fingerprint density at radius 2 is 1.31 bits per heavy atom. The van der Waals surface area contributed by atoms with Crippen LogP contribution in [0, 0.1) is 0 Å². The highest BCUT2D eigenvalue weighted by Gasteiger charge is 2.15. The van der Waals surface area contributed by atoms with Crippen molar-refractivity contribution in [3.63, 3.8) is 0 Å². The first-order valence-corrected chi connectivity index (χ1v) is 12.5. The number of benzene rings is 2. The Labute approximate surface area is 227 Å². The van der Waals surface area contributed by atoms with Gasteiger partial charge in [0, 0.05) is 38.4 Å². The van der Waals surface area contributed by atoms with E-state index in [9.17, 15) is 24.0 Å². The van der Waals surface area contributed by atoms with Gasteiger partial charge < -0.3 is 29.6 Å². The molecule has 3 rings (SSSR count). The lowest BCUT2D eigenvalue weighted by Crippen LogP contribution is -2.32. The van der Waals surface area contributed by atoms with E-state index >= 15 is 0 Å². The third kappa shape index (κ3) is 8.40. The van der Waals surface area contributed by atoms with Gasteiger partial charge in [-0.1, -0.05) is 25.3 Å². The van der Waals surface area contributed by atoms with Gasteiger partial charge in [-0.15, -0.1) is 11.3 Å². The number of esters is 2. The first-order valence-electron chi connectivity index (χ1n) is 11.7. The molecule has 11 nitrogen and oxygen atoms in total. The number of fused-ring (bicyclic) bond motifs is 2. The summed E-state index contributed by atoms with van der Waals surface area (Å²) in [5.74, 6) is -1.98. The van der Waals surface area contributed by atoms with Crippen molar-refractivity contribution < 1.29 is 38.1 Å². The standard InChI is InChI=1S/C27H26N2O9S/c1-3-25(32)35-11-9-28-23(30)15-37-19-13-18-22(39-21-8-6-5-7-17(21)27(18)34)14-20(19)38-16-24(31)29-10-12-36-26(33)4-2/h3-8,13-14H,1-2,9-12,15-16H2,(H,28,30)(H,29,31). The minimum atomic E-state index is -0.609. The van der Waals surface area contributed by atoms with Crippen molar-refractivity contribution >= 4 is 55.3 Å². The van der Waals surface area contributed by atoms with Gasteiger partial charge in [0.25, 0.3) is 11.8 Å². The molecule has 0 aliphatic carbocycles.